The summed E-state index contributed by atoms with van der Waals surface area (Å²) in [6.07, 6.45) is 9.32. The molecule has 0 saturated heterocycles. The van der Waals surface area contributed by atoms with Crippen LogP contribution in [0.25, 0.3) is 0 Å². The van der Waals surface area contributed by atoms with Crippen LogP contribution in [-0.2, 0) is 0 Å². The molecule has 1 nitrogen and oxygen atoms in total. The smallest absolute Gasteiger partial charge is 0.0551 e. The minimum absolute atomic E-state index is 0.167. The molecule has 0 spiro atoms. The first-order valence-corrected chi connectivity index (χ1v) is 8.35. The zero-order valence-corrected chi connectivity index (χ0v) is 14.3. The number of aliphatic hydroxyl groups is 1. The van der Waals surface area contributed by atoms with Gasteiger partial charge in [0.2, 0.25) is 0 Å². The monoisotopic (exact) mass is 288 g/mol. The molecule has 0 aliphatic heterocycles. The van der Waals surface area contributed by atoms with Crippen molar-refractivity contribution in [3.05, 3.63) is 36.5 Å². The molecular formula is C20H32O. The standard InChI is InChI=1S/C20H32O/c1-7-14(2)8-10-17-15(3)9-11-18-19(4,5)12-16(21)13-20(17,18)6/h7-8,16-18,21H,1,3,9-13H2,2,4-6H3. The van der Waals surface area contributed by atoms with Crippen molar-refractivity contribution in [3.63, 3.8) is 0 Å². The van der Waals surface area contributed by atoms with Gasteiger partial charge in [0.25, 0.3) is 0 Å². The minimum atomic E-state index is -0.167. The number of allylic oxidation sites excluding steroid dienone is 4. The third-order valence-electron chi connectivity index (χ3n) is 6.22. The van der Waals surface area contributed by atoms with Crippen molar-refractivity contribution in [1.29, 1.82) is 0 Å². The number of fused-ring (bicyclic) bond motifs is 1. The molecule has 0 bridgehead atoms. The molecule has 2 rings (SSSR count). The Hall–Kier alpha value is -0.820. The molecule has 4 unspecified atom stereocenters. The maximum Gasteiger partial charge on any atom is 0.0551 e. The highest BCUT2D eigenvalue weighted by atomic mass is 16.3. The molecule has 1 heteroatoms. The van der Waals surface area contributed by atoms with Crippen LogP contribution >= 0.6 is 0 Å². The van der Waals surface area contributed by atoms with E-state index in [0.717, 1.165) is 25.7 Å². The fourth-order valence-electron chi connectivity index (χ4n) is 5.26. The maximum atomic E-state index is 10.4. The molecule has 21 heavy (non-hydrogen) atoms. The number of hydrogen-bond acceptors (Lipinski definition) is 1. The Kier molecular flexibility index (Phi) is 4.54. The SMILES string of the molecule is C=CC(C)=CCC1C(=C)CCC2C(C)(C)CC(O)CC12C. The van der Waals surface area contributed by atoms with E-state index in [9.17, 15) is 5.11 Å². The molecule has 4 atom stereocenters. The van der Waals surface area contributed by atoms with Gasteiger partial charge in [-0.15, -0.1) is 0 Å². The Balaban J connectivity index is 2.33. The molecule has 0 aromatic heterocycles. The van der Waals surface area contributed by atoms with E-state index < -0.39 is 0 Å². The second kappa shape index (κ2) is 5.76. The molecule has 1 N–H and O–H groups in total. The Morgan fingerprint density at radius 2 is 2.00 bits per heavy atom. The highest BCUT2D eigenvalue weighted by Gasteiger charge is 2.54. The molecule has 2 aliphatic rings. The van der Waals surface area contributed by atoms with Crippen LogP contribution in [0.3, 0.4) is 0 Å². The first kappa shape index (κ1) is 16.5. The first-order chi connectivity index (χ1) is 9.70. The predicted octanol–water partition coefficient (Wildman–Crippen LogP) is 5.28. The number of aliphatic hydroxyl groups excluding tert-OH is 1. The minimum Gasteiger partial charge on any atom is -0.393 e. The van der Waals surface area contributed by atoms with Gasteiger partial charge >= 0.3 is 0 Å². The normalized spacial score (nSPS) is 39.8. The highest BCUT2D eigenvalue weighted by Crippen LogP contribution is 2.61. The summed E-state index contributed by atoms with van der Waals surface area (Å²) in [5.74, 6) is 1.17. The van der Waals surface area contributed by atoms with Crippen LogP contribution < -0.4 is 0 Å². The lowest BCUT2D eigenvalue weighted by Gasteiger charge is -2.59. The summed E-state index contributed by atoms with van der Waals surface area (Å²) in [5, 5.41) is 10.4. The molecule has 0 amide bonds. The lowest BCUT2D eigenvalue weighted by Crippen LogP contribution is -2.53. The topological polar surface area (TPSA) is 20.2 Å². The average Bonchev–Trinajstić information content (AvgIpc) is 2.35. The van der Waals surface area contributed by atoms with Crippen molar-refractivity contribution in [2.75, 3.05) is 0 Å². The van der Waals surface area contributed by atoms with Crippen LogP contribution in [0.5, 0.6) is 0 Å². The molecule has 2 aliphatic carbocycles. The number of hydrogen-bond donors (Lipinski definition) is 1. The fraction of sp³-hybridized carbons (Fsp3) is 0.700. The van der Waals surface area contributed by atoms with Gasteiger partial charge in [-0.1, -0.05) is 57.2 Å². The highest BCUT2D eigenvalue weighted by molar-refractivity contribution is 5.20. The predicted molar refractivity (Wildman–Crippen MR) is 91.1 cm³/mol. The largest absolute Gasteiger partial charge is 0.393 e. The van der Waals surface area contributed by atoms with Crippen LogP contribution in [0, 0.1) is 22.7 Å². The van der Waals surface area contributed by atoms with Crippen molar-refractivity contribution < 1.29 is 5.11 Å². The Morgan fingerprint density at radius 3 is 2.62 bits per heavy atom. The van der Waals surface area contributed by atoms with Crippen molar-refractivity contribution in [2.24, 2.45) is 22.7 Å². The van der Waals surface area contributed by atoms with Gasteiger partial charge in [0.05, 0.1) is 6.10 Å². The third kappa shape index (κ3) is 3.04. The van der Waals surface area contributed by atoms with Gasteiger partial charge in [0.15, 0.2) is 0 Å². The van der Waals surface area contributed by atoms with Gasteiger partial charge in [0, 0.05) is 0 Å². The average molecular weight is 288 g/mol. The summed E-state index contributed by atoms with van der Waals surface area (Å²) < 4.78 is 0. The molecule has 2 saturated carbocycles. The van der Waals surface area contributed by atoms with Crippen LogP contribution in [0.2, 0.25) is 0 Å². The molecular weight excluding hydrogens is 256 g/mol. The van der Waals surface area contributed by atoms with E-state index in [1.165, 1.54) is 17.6 Å². The molecule has 0 heterocycles. The van der Waals surface area contributed by atoms with Crippen LogP contribution in [0.15, 0.2) is 36.5 Å². The maximum absolute atomic E-state index is 10.4. The zero-order chi connectivity index (χ0) is 15.8. The van der Waals surface area contributed by atoms with Gasteiger partial charge < -0.3 is 5.11 Å². The van der Waals surface area contributed by atoms with Gasteiger partial charge in [-0.25, -0.2) is 0 Å². The van der Waals surface area contributed by atoms with E-state index in [4.69, 9.17) is 0 Å². The summed E-state index contributed by atoms with van der Waals surface area (Å²) in [7, 11) is 0. The molecule has 2 fully saturated rings. The summed E-state index contributed by atoms with van der Waals surface area (Å²) in [5.41, 5.74) is 3.02. The van der Waals surface area contributed by atoms with E-state index in [0.29, 0.717) is 11.8 Å². The molecule has 0 aromatic rings. The second-order valence-electron chi connectivity index (χ2n) is 8.25. The Bertz CT molecular complexity index is 456. The molecule has 0 radical (unpaired) electrons. The van der Waals surface area contributed by atoms with E-state index in [-0.39, 0.29) is 16.9 Å². The van der Waals surface area contributed by atoms with Crippen molar-refractivity contribution >= 4 is 0 Å². The first-order valence-electron chi connectivity index (χ1n) is 8.35. The summed E-state index contributed by atoms with van der Waals surface area (Å²) in [6, 6.07) is 0. The lowest BCUT2D eigenvalue weighted by atomic mass is 9.46. The Morgan fingerprint density at radius 1 is 1.33 bits per heavy atom. The van der Waals surface area contributed by atoms with Crippen LogP contribution in [0.4, 0.5) is 0 Å². The quantitative estimate of drug-likeness (QED) is 0.553. The third-order valence-corrected chi connectivity index (χ3v) is 6.22. The van der Waals surface area contributed by atoms with Gasteiger partial charge in [-0.05, 0) is 61.7 Å². The second-order valence-corrected chi connectivity index (χ2v) is 8.25. The molecule has 118 valence electrons. The van der Waals surface area contributed by atoms with E-state index >= 15 is 0 Å². The van der Waals surface area contributed by atoms with Gasteiger partial charge in [0.1, 0.15) is 0 Å². The van der Waals surface area contributed by atoms with Crippen LogP contribution in [-0.4, -0.2) is 11.2 Å². The van der Waals surface area contributed by atoms with Crippen molar-refractivity contribution in [1.82, 2.24) is 0 Å². The van der Waals surface area contributed by atoms with E-state index in [1.54, 1.807) is 0 Å². The summed E-state index contributed by atoms with van der Waals surface area (Å²) in [6.45, 7) is 17.4. The fourth-order valence-corrected chi connectivity index (χ4v) is 5.26. The van der Waals surface area contributed by atoms with E-state index in [1.807, 2.05) is 6.08 Å². The lowest BCUT2D eigenvalue weighted by molar-refractivity contribution is -0.103. The number of rotatable bonds is 3. The van der Waals surface area contributed by atoms with Gasteiger partial charge in [-0.2, -0.15) is 0 Å². The van der Waals surface area contributed by atoms with Gasteiger partial charge in [-0.3, -0.25) is 0 Å². The summed E-state index contributed by atoms with van der Waals surface area (Å²) in [4.78, 5) is 0. The zero-order valence-electron chi connectivity index (χ0n) is 14.3. The van der Waals surface area contributed by atoms with Crippen LogP contribution in [0.1, 0.15) is 59.8 Å². The summed E-state index contributed by atoms with van der Waals surface area (Å²) >= 11 is 0. The molecule has 0 aromatic carbocycles. The van der Waals surface area contributed by atoms with Crippen molar-refractivity contribution in [3.8, 4) is 0 Å². The van der Waals surface area contributed by atoms with Crippen molar-refractivity contribution in [2.45, 2.75) is 65.9 Å². The van der Waals surface area contributed by atoms with E-state index in [2.05, 4.69) is 46.9 Å². The Labute approximate surface area is 130 Å².